The van der Waals surface area contributed by atoms with Crippen molar-refractivity contribution in [2.24, 2.45) is 0 Å². The van der Waals surface area contributed by atoms with E-state index in [0.717, 1.165) is 37.0 Å². The van der Waals surface area contributed by atoms with Crippen LogP contribution in [0.15, 0.2) is 24.4 Å². The van der Waals surface area contributed by atoms with Crippen LogP contribution >= 0.6 is 0 Å². The van der Waals surface area contributed by atoms with Crippen molar-refractivity contribution in [2.75, 3.05) is 19.7 Å². The molecule has 7 nitrogen and oxygen atoms in total. The third-order valence-corrected chi connectivity index (χ3v) is 3.85. The van der Waals surface area contributed by atoms with E-state index in [0.29, 0.717) is 6.67 Å². The Hall–Kier alpha value is -1.99. The van der Waals surface area contributed by atoms with E-state index in [1.807, 2.05) is 4.68 Å². The van der Waals surface area contributed by atoms with Crippen LogP contribution in [0.2, 0.25) is 0 Å². The molecule has 1 saturated heterocycles. The highest BCUT2D eigenvalue weighted by Gasteiger charge is 2.20. The van der Waals surface area contributed by atoms with Crippen LogP contribution in [0.4, 0.5) is 5.69 Å². The molecular formula is C14H18N4O3. The molecule has 1 aliphatic heterocycles. The monoisotopic (exact) mass is 290 g/mol. The molecule has 2 aromatic rings. The summed E-state index contributed by atoms with van der Waals surface area (Å²) in [6, 6.07) is 4.85. The van der Waals surface area contributed by atoms with Crippen molar-refractivity contribution < 1.29 is 9.66 Å². The summed E-state index contributed by atoms with van der Waals surface area (Å²) >= 11 is 0. The summed E-state index contributed by atoms with van der Waals surface area (Å²) in [4.78, 5) is 12.7. The first-order valence-electron chi connectivity index (χ1n) is 7.11. The van der Waals surface area contributed by atoms with E-state index in [1.165, 1.54) is 6.07 Å². The molecule has 1 fully saturated rings. The lowest BCUT2D eigenvalue weighted by Crippen LogP contribution is -2.42. The van der Waals surface area contributed by atoms with Crippen molar-refractivity contribution in [1.29, 1.82) is 0 Å². The van der Waals surface area contributed by atoms with E-state index in [4.69, 9.17) is 4.74 Å². The maximum Gasteiger partial charge on any atom is 0.270 e. The molecule has 0 radical (unpaired) electrons. The van der Waals surface area contributed by atoms with Gasteiger partial charge >= 0.3 is 0 Å². The smallest absolute Gasteiger partial charge is 0.270 e. The summed E-state index contributed by atoms with van der Waals surface area (Å²) in [5.41, 5.74) is 1.01. The van der Waals surface area contributed by atoms with Crippen LogP contribution < -0.4 is 0 Å². The standard InChI is InChI=1S/C14H18N4O3/c1-2-13-9-16(5-6-21-13)10-17-14-4-3-12(18(19)20)7-11(14)8-15-17/h3-4,7-8,13H,2,5-6,9-10H2,1H3/t13-/m0/s1. The van der Waals surface area contributed by atoms with Crippen LogP contribution in [0.3, 0.4) is 0 Å². The van der Waals surface area contributed by atoms with Crippen LogP contribution in [0.1, 0.15) is 13.3 Å². The second-order valence-corrected chi connectivity index (χ2v) is 5.26. The second kappa shape index (κ2) is 5.79. The molecule has 21 heavy (non-hydrogen) atoms. The number of benzene rings is 1. The fraction of sp³-hybridized carbons (Fsp3) is 0.500. The fourth-order valence-corrected chi connectivity index (χ4v) is 2.65. The highest BCUT2D eigenvalue weighted by atomic mass is 16.6. The number of rotatable bonds is 4. The third kappa shape index (κ3) is 2.88. The zero-order chi connectivity index (χ0) is 14.8. The zero-order valence-electron chi connectivity index (χ0n) is 11.9. The van der Waals surface area contributed by atoms with Crippen LogP contribution in [0, 0.1) is 10.1 Å². The Morgan fingerprint density at radius 1 is 1.52 bits per heavy atom. The molecule has 0 saturated carbocycles. The lowest BCUT2D eigenvalue weighted by molar-refractivity contribution is -0.384. The first-order valence-corrected chi connectivity index (χ1v) is 7.11. The molecule has 0 bridgehead atoms. The minimum atomic E-state index is -0.384. The van der Waals surface area contributed by atoms with Crippen LogP contribution in [0.25, 0.3) is 10.9 Å². The molecule has 2 heterocycles. The molecule has 1 atom stereocenters. The van der Waals surface area contributed by atoms with Crippen molar-refractivity contribution in [1.82, 2.24) is 14.7 Å². The number of non-ortho nitro benzene ring substituents is 1. The Morgan fingerprint density at radius 2 is 2.38 bits per heavy atom. The van der Waals surface area contributed by atoms with E-state index in [9.17, 15) is 10.1 Å². The van der Waals surface area contributed by atoms with E-state index < -0.39 is 0 Å². The van der Waals surface area contributed by atoms with E-state index in [1.54, 1.807) is 18.3 Å². The maximum absolute atomic E-state index is 10.8. The van der Waals surface area contributed by atoms with Crippen molar-refractivity contribution in [3.63, 3.8) is 0 Å². The average molecular weight is 290 g/mol. The molecule has 3 rings (SSSR count). The first kappa shape index (κ1) is 14.0. The Labute approximate surface area is 122 Å². The molecule has 1 aliphatic rings. The van der Waals surface area contributed by atoms with Gasteiger partial charge in [0.15, 0.2) is 0 Å². The van der Waals surface area contributed by atoms with E-state index >= 15 is 0 Å². The van der Waals surface area contributed by atoms with Crippen LogP contribution in [0.5, 0.6) is 0 Å². The summed E-state index contributed by atoms with van der Waals surface area (Å²) in [6.07, 6.45) is 2.96. The van der Waals surface area contributed by atoms with E-state index in [2.05, 4.69) is 16.9 Å². The predicted molar refractivity (Wildman–Crippen MR) is 78.0 cm³/mol. The first-order chi connectivity index (χ1) is 10.2. The number of fused-ring (bicyclic) bond motifs is 1. The van der Waals surface area contributed by atoms with Gasteiger partial charge in [0.05, 0.1) is 36.0 Å². The molecule has 0 spiro atoms. The minimum absolute atomic E-state index is 0.0967. The van der Waals surface area contributed by atoms with Gasteiger partial charge in [0.1, 0.15) is 0 Å². The van der Waals surface area contributed by atoms with Crippen molar-refractivity contribution >= 4 is 16.6 Å². The Kier molecular flexibility index (Phi) is 3.85. The molecule has 112 valence electrons. The average Bonchev–Trinajstić information content (AvgIpc) is 2.90. The summed E-state index contributed by atoms with van der Waals surface area (Å²) in [6.45, 7) is 5.32. The van der Waals surface area contributed by atoms with Crippen LogP contribution in [-0.2, 0) is 11.4 Å². The number of morpholine rings is 1. The number of nitrogens with zero attached hydrogens (tertiary/aromatic N) is 4. The van der Waals surface area contributed by atoms with Crippen molar-refractivity contribution in [3.8, 4) is 0 Å². The largest absolute Gasteiger partial charge is 0.376 e. The fourth-order valence-electron chi connectivity index (χ4n) is 2.65. The number of hydrogen-bond acceptors (Lipinski definition) is 5. The topological polar surface area (TPSA) is 73.4 Å². The van der Waals surface area contributed by atoms with Crippen molar-refractivity contribution in [2.45, 2.75) is 26.1 Å². The lowest BCUT2D eigenvalue weighted by Gasteiger charge is -2.32. The van der Waals surface area contributed by atoms with Crippen LogP contribution in [-0.4, -0.2) is 45.4 Å². The molecule has 0 aliphatic carbocycles. The SMILES string of the molecule is CC[C@H]1CN(Cn2ncc3cc([N+](=O)[O-])ccc32)CCO1. The Morgan fingerprint density at radius 3 is 3.14 bits per heavy atom. The summed E-state index contributed by atoms with van der Waals surface area (Å²) in [7, 11) is 0. The number of nitro groups is 1. The zero-order valence-corrected chi connectivity index (χ0v) is 11.9. The summed E-state index contributed by atoms with van der Waals surface area (Å²) in [5, 5.41) is 15.9. The number of nitro benzene ring substituents is 1. The van der Waals surface area contributed by atoms with Gasteiger partial charge in [-0.05, 0) is 12.5 Å². The molecular weight excluding hydrogens is 272 g/mol. The molecule has 0 N–H and O–H groups in total. The summed E-state index contributed by atoms with van der Waals surface area (Å²) in [5.74, 6) is 0. The second-order valence-electron chi connectivity index (χ2n) is 5.26. The third-order valence-electron chi connectivity index (χ3n) is 3.85. The number of ether oxygens (including phenoxy) is 1. The van der Waals surface area contributed by atoms with Gasteiger partial charge in [-0.2, -0.15) is 5.10 Å². The van der Waals surface area contributed by atoms with E-state index in [-0.39, 0.29) is 16.7 Å². The minimum Gasteiger partial charge on any atom is -0.376 e. The highest BCUT2D eigenvalue weighted by Crippen LogP contribution is 2.21. The van der Waals surface area contributed by atoms with Gasteiger partial charge in [0.2, 0.25) is 0 Å². The molecule has 7 heteroatoms. The molecule has 0 amide bonds. The predicted octanol–water partition coefficient (Wildman–Crippen LogP) is 2.01. The van der Waals surface area contributed by atoms with Gasteiger partial charge < -0.3 is 4.74 Å². The number of aromatic nitrogens is 2. The molecule has 1 aromatic heterocycles. The molecule has 1 aromatic carbocycles. The summed E-state index contributed by atoms with van der Waals surface area (Å²) < 4.78 is 7.55. The van der Waals surface area contributed by atoms with Gasteiger partial charge in [0, 0.05) is 30.6 Å². The quantitative estimate of drug-likeness (QED) is 0.636. The number of hydrogen-bond donors (Lipinski definition) is 0. The van der Waals surface area contributed by atoms with Gasteiger partial charge in [-0.15, -0.1) is 0 Å². The normalized spacial score (nSPS) is 20.0. The van der Waals surface area contributed by atoms with Gasteiger partial charge in [0.25, 0.3) is 5.69 Å². The van der Waals surface area contributed by atoms with Gasteiger partial charge in [-0.1, -0.05) is 6.92 Å². The van der Waals surface area contributed by atoms with Gasteiger partial charge in [-0.3, -0.25) is 19.7 Å². The highest BCUT2D eigenvalue weighted by molar-refractivity contribution is 5.81. The maximum atomic E-state index is 10.8. The lowest BCUT2D eigenvalue weighted by atomic mass is 10.2. The Bertz CT molecular complexity index is 655. The Balaban J connectivity index is 1.79. The van der Waals surface area contributed by atoms with Gasteiger partial charge in [-0.25, -0.2) is 0 Å². The van der Waals surface area contributed by atoms with Crippen molar-refractivity contribution in [3.05, 3.63) is 34.5 Å². The molecule has 0 unspecified atom stereocenters.